The molecule has 2 bridgehead atoms. The zero-order valence-electron chi connectivity index (χ0n) is 14.8. The van der Waals surface area contributed by atoms with Crippen LogP contribution in [0.15, 0.2) is 18.2 Å². The summed E-state index contributed by atoms with van der Waals surface area (Å²) in [6.45, 7) is 3.09. The van der Waals surface area contributed by atoms with Crippen molar-refractivity contribution < 1.29 is 9.53 Å². The molecule has 0 atom stereocenters. The molecule has 3 N–H and O–H groups in total. The quantitative estimate of drug-likeness (QED) is 0.722. The minimum absolute atomic E-state index is 0.0276. The number of H-pyrrole nitrogens is 1. The van der Waals surface area contributed by atoms with Gasteiger partial charge in [0, 0.05) is 20.3 Å². The number of hydrogen-bond acceptors (Lipinski definition) is 4. The Balaban J connectivity index is 1.55. The van der Waals surface area contributed by atoms with Crippen molar-refractivity contribution in [2.45, 2.75) is 37.6 Å². The number of carbonyl (C=O) groups excluding carboxylic acids is 1. The molecule has 3 aliphatic rings. The van der Waals surface area contributed by atoms with E-state index >= 15 is 0 Å². The number of nitrogens with zero attached hydrogens (tertiary/aromatic N) is 2. The number of primary amides is 1. The highest BCUT2D eigenvalue weighted by Gasteiger charge is 2.58. The van der Waals surface area contributed by atoms with Crippen molar-refractivity contribution in [3.05, 3.63) is 29.6 Å². The number of nitrogens with two attached hydrogens (primary N) is 1. The van der Waals surface area contributed by atoms with Gasteiger partial charge >= 0.3 is 0 Å². The van der Waals surface area contributed by atoms with Gasteiger partial charge in [-0.2, -0.15) is 0 Å². The summed E-state index contributed by atoms with van der Waals surface area (Å²) >= 11 is 0. The first-order valence-electron chi connectivity index (χ1n) is 9.17. The van der Waals surface area contributed by atoms with Crippen molar-refractivity contribution in [1.29, 1.82) is 0 Å². The van der Waals surface area contributed by atoms with Crippen molar-refractivity contribution >= 4 is 16.9 Å². The number of carbonyl (C=O) groups is 1. The van der Waals surface area contributed by atoms with Gasteiger partial charge in [-0.25, -0.2) is 4.98 Å². The highest BCUT2D eigenvalue weighted by Crippen LogP contribution is 2.56. The molecule has 25 heavy (non-hydrogen) atoms. The Bertz CT molecular complexity index is 779. The number of aromatic nitrogens is 2. The van der Waals surface area contributed by atoms with Crippen LogP contribution < -0.4 is 5.73 Å². The van der Waals surface area contributed by atoms with E-state index in [0.29, 0.717) is 11.1 Å². The summed E-state index contributed by atoms with van der Waals surface area (Å²) in [6.07, 6.45) is 5.82. The van der Waals surface area contributed by atoms with Gasteiger partial charge in [0.2, 0.25) is 0 Å². The second kappa shape index (κ2) is 6.42. The Morgan fingerprint density at radius 2 is 2.24 bits per heavy atom. The first-order chi connectivity index (χ1) is 12.1. The van der Waals surface area contributed by atoms with Crippen LogP contribution in [0.3, 0.4) is 0 Å². The highest BCUT2D eigenvalue weighted by atomic mass is 16.5. The monoisotopic (exact) mass is 342 g/mol. The van der Waals surface area contributed by atoms with Gasteiger partial charge in [-0.15, -0.1) is 0 Å². The summed E-state index contributed by atoms with van der Waals surface area (Å²) in [5.41, 5.74) is 7.63. The molecule has 0 spiro atoms. The van der Waals surface area contributed by atoms with E-state index in [2.05, 4.69) is 9.88 Å². The molecule has 6 nitrogen and oxygen atoms in total. The summed E-state index contributed by atoms with van der Waals surface area (Å²) in [4.78, 5) is 22.6. The molecule has 1 aromatic carbocycles. The van der Waals surface area contributed by atoms with Crippen molar-refractivity contribution in [3.63, 3.8) is 0 Å². The van der Waals surface area contributed by atoms with Crippen LogP contribution in [0.2, 0.25) is 0 Å². The van der Waals surface area contributed by atoms with E-state index in [1.165, 1.54) is 12.8 Å². The summed E-state index contributed by atoms with van der Waals surface area (Å²) in [5, 5.41) is 0. The number of para-hydroxylation sites is 1. The van der Waals surface area contributed by atoms with E-state index in [1.807, 2.05) is 12.1 Å². The number of methoxy groups -OCH3 is 1. The Morgan fingerprint density at radius 3 is 3.00 bits per heavy atom. The zero-order chi connectivity index (χ0) is 17.4. The molecule has 6 heteroatoms. The molecular formula is C19H26N4O2. The van der Waals surface area contributed by atoms with E-state index in [4.69, 9.17) is 15.5 Å². The Kier molecular flexibility index (Phi) is 4.25. The normalized spacial score (nSPS) is 25.4. The van der Waals surface area contributed by atoms with Crippen LogP contribution in [-0.4, -0.2) is 47.6 Å². The fraction of sp³-hybridized carbons (Fsp3) is 0.579. The zero-order valence-corrected chi connectivity index (χ0v) is 14.8. The van der Waals surface area contributed by atoms with Crippen molar-refractivity contribution in [2.75, 3.05) is 26.8 Å². The third-order valence-electron chi connectivity index (χ3n) is 5.83. The minimum Gasteiger partial charge on any atom is -0.385 e. The Morgan fingerprint density at radius 1 is 1.40 bits per heavy atom. The number of benzene rings is 1. The topological polar surface area (TPSA) is 84.2 Å². The van der Waals surface area contributed by atoms with Crippen LogP contribution >= 0.6 is 0 Å². The van der Waals surface area contributed by atoms with E-state index < -0.39 is 5.91 Å². The molecule has 5 rings (SSSR count). The van der Waals surface area contributed by atoms with Crippen molar-refractivity contribution in [2.24, 2.45) is 11.7 Å². The molecule has 0 radical (unpaired) electrons. The molecule has 3 fully saturated rings. The van der Waals surface area contributed by atoms with E-state index in [9.17, 15) is 4.79 Å². The molecule has 134 valence electrons. The number of amides is 1. The smallest absolute Gasteiger partial charge is 0.250 e. The summed E-state index contributed by atoms with van der Waals surface area (Å²) < 4.78 is 5.13. The number of hydrogen-bond donors (Lipinski definition) is 2. The second-order valence-electron chi connectivity index (χ2n) is 7.46. The van der Waals surface area contributed by atoms with Gasteiger partial charge in [0.1, 0.15) is 11.3 Å². The SMILES string of the molecule is COCCCCCN1CC2CC1(c1nc3c(C(N)=O)cccc3[nH]1)C2. The van der Waals surface area contributed by atoms with Gasteiger partial charge in [0.25, 0.3) is 5.91 Å². The summed E-state index contributed by atoms with van der Waals surface area (Å²) in [5.74, 6) is 1.36. The lowest BCUT2D eigenvalue weighted by atomic mass is 9.72. The number of rotatable bonds is 8. The number of aromatic amines is 1. The average molecular weight is 342 g/mol. The van der Waals surface area contributed by atoms with Crippen LogP contribution in [0.1, 0.15) is 48.3 Å². The molecule has 1 aliphatic carbocycles. The van der Waals surface area contributed by atoms with Gasteiger partial charge in [0.05, 0.1) is 16.6 Å². The Hall–Kier alpha value is -1.92. The molecule has 2 aliphatic heterocycles. The maximum atomic E-state index is 11.7. The van der Waals surface area contributed by atoms with Crippen LogP contribution in [0.25, 0.3) is 11.0 Å². The first-order valence-corrected chi connectivity index (χ1v) is 9.17. The van der Waals surface area contributed by atoms with Gasteiger partial charge in [0.15, 0.2) is 0 Å². The lowest BCUT2D eigenvalue weighted by Crippen LogP contribution is -2.44. The Labute approximate surface area is 147 Å². The fourth-order valence-electron chi connectivity index (χ4n) is 4.59. The molecule has 0 unspecified atom stereocenters. The lowest BCUT2D eigenvalue weighted by molar-refractivity contribution is 0.0944. The highest BCUT2D eigenvalue weighted by molar-refractivity contribution is 6.04. The first kappa shape index (κ1) is 16.5. The van der Waals surface area contributed by atoms with E-state index in [0.717, 1.165) is 56.2 Å². The maximum Gasteiger partial charge on any atom is 0.250 e. The van der Waals surface area contributed by atoms with Gasteiger partial charge in [-0.3, -0.25) is 9.69 Å². The van der Waals surface area contributed by atoms with Crippen LogP contribution in [0.5, 0.6) is 0 Å². The minimum atomic E-state index is -0.422. The molecular weight excluding hydrogens is 316 g/mol. The number of ether oxygens (including phenoxy) is 1. The van der Waals surface area contributed by atoms with Gasteiger partial charge in [-0.1, -0.05) is 6.07 Å². The summed E-state index contributed by atoms with van der Waals surface area (Å²) in [6, 6.07) is 5.57. The van der Waals surface area contributed by atoms with Crippen molar-refractivity contribution in [1.82, 2.24) is 14.9 Å². The van der Waals surface area contributed by atoms with Crippen LogP contribution in [-0.2, 0) is 10.3 Å². The average Bonchev–Trinajstić information content (AvgIpc) is 3.23. The summed E-state index contributed by atoms with van der Waals surface area (Å²) in [7, 11) is 1.76. The van der Waals surface area contributed by atoms with Crippen LogP contribution in [0.4, 0.5) is 0 Å². The molecule has 2 aromatic rings. The number of imidazole rings is 1. The predicted octanol–water partition coefficient (Wildman–Crippen LogP) is 2.40. The predicted molar refractivity (Wildman–Crippen MR) is 96.3 cm³/mol. The molecule has 1 aromatic heterocycles. The second-order valence-corrected chi connectivity index (χ2v) is 7.46. The maximum absolute atomic E-state index is 11.7. The third-order valence-corrected chi connectivity index (χ3v) is 5.83. The largest absolute Gasteiger partial charge is 0.385 e. The fourth-order valence-corrected chi connectivity index (χ4v) is 4.59. The van der Waals surface area contributed by atoms with Crippen molar-refractivity contribution in [3.8, 4) is 0 Å². The van der Waals surface area contributed by atoms with E-state index in [1.54, 1.807) is 13.2 Å². The number of unbranched alkanes of at least 4 members (excludes halogenated alkanes) is 2. The van der Waals surface area contributed by atoms with E-state index in [-0.39, 0.29) is 5.54 Å². The molecule has 2 saturated heterocycles. The lowest BCUT2D eigenvalue weighted by Gasteiger charge is -2.40. The molecule has 3 heterocycles. The third kappa shape index (κ3) is 2.73. The van der Waals surface area contributed by atoms with Gasteiger partial charge in [-0.05, 0) is 56.7 Å². The standard InChI is InChI=1S/C19H26N4O2/c1-25-9-4-2-3-8-23-12-13-10-19(23,11-13)18-21-15-7-5-6-14(17(20)24)16(15)22-18/h5-7,13H,2-4,8-12H2,1H3,(H2,20,24)(H,21,22). The van der Waals surface area contributed by atoms with Crippen LogP contribution in [0, 0.1) is 5.92 Å². The molecule has 1 amide bonds. The van der Waals surface area contributed by atoms with Gasteiger partial charge < -0.3 is 15.5 Å². The number of fused-ring (bicyclic) bond motifs is 2. The number of nitrogens with one attached hydrogen (secondary N) is 1. The molecule has 1 saturated carbocycles.